The minimum atomic E-state index is -0.421. The second-order valence-corrected chi connectivity index (χ2v) is 7.45. The molecule has 6 heteroatoms. The number of ether oxygens (including phenoxy) is 1. The van der Waals surface area contributed by atoms with Gasteiger partial charge in [-0.25, -0.2) is 4.79 Å². The fraction of sp³-hybridized carbons (Fsp3) is 0.556. The number of rotatable bonds is 5. The van der Waals surface area contributed by atoms with Crippen molar-refractivity contribution in [1.29, 1.82) is 0 Å². The first-order valence-electron chi connectivity index (χ1n) is 8.60. The number of carbonyl (C=O) groups excluding carboxylic acids is 1. The van der Waals surface area contributed by atoms with Gasteiger partial charge in [-0.1, -0.05) is 24.4 Å². The Kier molecular flexibility index (Phi) is 5.30. The Morgan fingerprint density at radius 1 is 1.38 bits per heavy atom. The summed E-state index contributed by atoms with van der Waals surface area (Å²) < 4.78 is 5.03. The van der Waals surface area contributed by atoms with E-state index in [0.717, 1.165) is 11.6 Å². The second kappa shape index (κ2) is 7.28. The fourth-order valence-electron chi connectivity index (χ4n) is 3.63. The minimum Gasteiger partial charge on any atom is -0.462 e. The van der Waals surface area contributed by atoms with Crippen molar-refractivity contribution in [3.63, 3.8) is 0 Å². The van der Waals surface area contributed by atoms with E-state index in [1.165, 1.54) is 38.5 Å². The molecule has 2 aliphatic rings. The predicted octanol–water partition coefficient (Wildman–Crippen LogP) is 4.53. The standard InChI is InChI=1S/C18H23ClN2O2S/c1-2-23-16(22)14-11-13(7-8-15(14)19)20-17(24)21-18(12-5-6-12)9-3-4-10-18/h7-8,11-12H,2-6,9-10H2,1H3,(H2,20,21,24). The van der Waals surface area contributed by atoms with Crippen molar-refractivity contribution in [3.8, 4) is 0 Å². The molecule has 24 heavy (non-hydrogen) atoms. The molecule has 0 saturated heterocycles. The third-order valence-electron chi connectivity index (χ3n) is 4.94. The molecular formula is C18H23ClN2O2S. The molecule has 1 aromatic carbocycles. The number of benzene rings is 1. The maximum Gasteiger partial charge on any atom is 0.339 e. The highest BCUT2D eigenvalue weighted by atomic mass is 35.5. The van der Waals surface area contributed by atoms with Gasteiger partial charge in [0.05, 0.1) is 17.2 Å². The van der Waals surface area contributed by atoms with Crippen LogP contribution in [0.2, 0.25) is 5.02 Å². The molecule has 2 N–H and O–H groups in total. The highest BCUT2D eigenvalue weighted by Crippen LogP contribution is 2.48. The van der Waals surface area contributed by atoms with Gasteiger partial charge in [0.2, 0.25) is 0 Å². The van der Waals surface area contributed by atoms with Gasteiger partial charge in [-0.2, -0.15) is 0 Å². The van der Waals surface area contributed by atoms with Crippen LogP contribution in [0.15, 0.2) is 18.2 Å². The monoisotopic (exact) mass is 366 g/mol. The van der Waals surface area contributed by atoms with E-state index in [1.807, 2.05) is 6.07 Å². The van der Waals surface area contributed by atoms with Gasteiger partial charge in [-0.3, -0.25) is 0 Å². The highest BCUT2D eigenvalue weighted by Gasteiger charge is 2.47. The van der Waals surface area contributed by atoms with Crippen LogP contribution in [0.5, 0.6) is 0 Å². The fourth-order valence-corrected chi connectivity index (χ4v) is 4.15. The molecule has 0 spiro atoms. The van der Waals surface area contributed by atoms with E-state index in [-0.39, 0.29) is 5.54 Å². The van der Waals surface area contributed by atoms with Crippen molar-refractivity contribution in [2.75, 3.05) is 11.9 Å². The Balaban J connectivity index is 1.68. The molecule has 2 fully saturated rings. The van der Waals surface area contributed by atoms with Crippen molar-refractivity contribution in [3.05, 3.63) is 28.8 Å². The van der Waals surface area contributed by atoms with Crippen LogP contribution in [0, 0.1) is 5.92 Å². The Labute approximate surface area is 153 Å². The minimum absolute atomic E-state index is 0.167. The summed E-state index contributed by atoms with van der Waals surface area (Å²) in [7, 11) is 0. The molecule has 0 aliphatic heterocycles. The van der Waals surface area contributed by atoms with Gasteiger partial charge >= 0.3 is 5.97 Å². The van der Waals surface area contributed by atoms with Crippen LogP contribution in [0.1, 0.15) is 55.8 Å². The molecule has 2 saturated carbocycles. The molecule has 0 amide bonds. The molecule has 2 aliphatic carbocycles. The number of hydrogen-bond acceptors (Lipinski definition) is 3. The van der Waals surface area contributed by atoms with Gasteiger partial charge in [0.25, 0.3) is 0 Å². The number of anilines is 1. The smallest absolute Gasteiger partial charge is 0.339 e. The van der Waals surface area contributed by atoms with Crippen LogP contribution in [-0.2, 0) is 4.74 Å². The van der Waals surface area contributed by atoms with Gasteiger partial charge in [-0.15, -0.1) is 0 Å². The van der Waals surface area contributed by atoms with Crippen LogP contribution in [0.4, 0.5) is 5.69 Å². The first-order valence-corrected chi connectivity index (χ1v) is 9.38. The lowest BCUT2D eigenvalue weighted by atomic mass is 9.91. The van der Waals surface area contributed by atoms with Crippen LogP contribution in [0.25, 0.3) is 0 Å². The van der Waals surface area contributed by atoms with Crippen LogP contribution in [-0.4, -0.2) is 23.2 Å². The molecule has 0 atom stereocenters. The number of esters is 1. The Hall–Kier alpha value is -1.33. The van der Waals surface area contributed by atoms with E-state index in [9.17, 15) is 4.79 Å². The zero-order valence-electron chi connectivity index (χ0n) is 13.9. The molecular weight excluding hydrogens is 344 g/mol. The lowest BCUT2D eigenvalue weighted by Gasteiger charge is -2.32. The van der Waals surface area contributed by atoms with Gasteiger partial charge in [0.15, 0.2) is 5.11 Å². The number of nitrogens with one attached hydrogen (secondary N) is 2. The van der Waals surface area contributed by atoms with Crippen molar-refractivity contribution in [2.45, 2.75) is 51.0 Å². The maximum atomic E-state index is 11.9. The summed E-state index contributed by atoms with van der Waals surface area (Å²) >= 11 is 11.6. The van der Waals surface area contributed by atoms with E-state index in [2.05, 4.69) is 10.6 Å². The molecule has 0 unspecified atom stereocenters. The molecule has 0 bridgehead atoms. The largest absolute Gasteiger partial charge is 0.462 e. The van der Waals surface area contributed by atoms with Gasteiger partial charge < -0.3 is 15.4 Å². The summed E-state index contributed by atoms with van der Waals surface area (Å²) in [5.41, 5.74) is 1.26. The van der Waals surface area contributed by atoms with Crippen LogP contribution >= 0.6 is 23.8 Å². The van der Waals surface area contributed by atoms with Crippen LogP contribution < -0.4 is 10.6 Å². The highest BCUT2D eigenvalue weighted by molar-refractivity contribution is 7.80. The Morgan fingerprint density at radius 3 is 2.71 bits per heavy atom. The van der Waals surface area contributed by atoms with Gasteiger partial charge in [0, 0.05) is 11.2 Å². The summed E-state index contributed by atoms with van der Waals surface area (Å²) in [6.07, 6.45) is 7.50. The molecule has 0 aromatic heterocycles. The Bertz CT molecular complexity index is 640. The first-order chi connectivity index (χ1) is 11.5. The summed E-state index contributed by atoms with van der Waals surface area (Å²) in [5, 5.41) is 7.75. The first kappa shape index (κ1) is 17.5. The van der Waals surface area contributed by atoms with Crippen molar-refractivity contribution in [1.82, 2.24) is 5.32 Å². The third kappa shape index (κ3) is 3.83. The SMILES string of the molecule is CCOC(=O)c1cc(NC(=S)NC2(C3CC3)CCCC2)ccc1Cl. The molecule has 3 rings (SSSR count). The topological polar surface area (TPSA) is 50.4 Å². The normalized spacial score (nSPS) is 18.9. The summed E-state index contributed by atoms with van der Waals surface area (Å²) in [6, 6.07) is 5.19. The van der Waals surface area contributed by atoms with E-state index >= 15 is 0 Å². The predicted molar refractivity (Wildman–Crippen MR) is 101 cm³/mol. The summed E-state index contributed by atoms with van der Waals surface area (Å²) in [6.45, 7) is 2.09. The van der Waals surface area contributed by atoms with E-state index in [0.29, 0.717) is 22.3 Å². The lowest BCUT2D eigenvalue weighted by Crippen LogP contribution is -2.49. The van der Waals surface area contributed by atoms with Crippen molar-refractivity contribution < 1.29 is 9.53 Å². The zero-order valence-corrected chi connectivity index (χ0v) is 15.4. The molecule has 4 nitrogen and oxygen atoms in total. The molecule has 0 heterocycles. The van der Waals surface area contributed by atoms with Crippen LogP contribution in [0.3, 0.4) is 0 Å². The molecule has 1 aromatic rings. The van der Waals surface area contributed by atoms with Crippen molar-refractivity contribution in [2.24, 2.45) is 5.92 Å². The summed E-state index contributed by atoms with van der Waals surface area (Å²) in [4.78, 5) is 11.9. The average Bonchev–Trinajstić information content (AvgIpc) is 3.31. The van der Waals surface area contributed by atoms with E-state index in [4.69, 9.17) is 28.6 Å². The average molecular weight is 367 g/mol. The number of carbonyl (C=O) groups is 1. The second-order valence-electron chi connectivity index (χ2n) is 6.63. The number of halogens is 1. The van der Waals surface area contributed by atoms with E-state index < -0.39 is 5.97 Å². The van der Waals surface area contributed by atoms with Gasteiger partial charge in [0.1, 0.15) is 0 Å². The Morgan fingerprint density at radius 2 is 2.08 bits per heavy atom. The lowest BCUT2D eigenvalue weighted by molar-refractivity contribution is 0.0526. The third-order valence-corrected chi connectivity index (χ3v) is 5.47. The van der Waals surface area contributed by atoms with E-state index in [1.54, 1.807) is 19.1 Å². The maximum absolute atomic E-state index is 11.9. The zero-order chi connectivity index (χ0) is 17.2. The quantitative estimate of drug-likeness (QED) is 0.592. The van der Waals surface area contributed by atoms with Gasteiger partial charge in [-0.05, 0) is 68.9 Å². The van der Waals surface area contributed by atoms with Crippen molar-refractivity contribution >= 4 is 40.6 Å². The number of hydrogen-bond donors (Lipinski definition) is 2. The summed E-state index contributed by atoms with van der Waals surface area (Å²) in [5.74, 6) is 0.329. The molecule has 130 valence electrons. The molecule has 0 radical (unpaired) electrons. The number of thiocarbonyl (C=S) groups is 1.